The fraction of sp³-hybridized carbons (Fsp3) is 0.333. The average Bonchev–Trinajstić information content (AvgIpc) is 2.70. The van der Waals surface area contributed by atoms with Crippen LogP contribution in [0.25, 0.3) is 0 Å². The van der Waals surface area contributed by atoms with Crippen LogP contribution >= 0.6 is 11.6 Å². The number of anilines is 2. The molecule has 4 rings (SSSR count). The van der Waals surface area contributed by atoms with Crippen molar-refractivity contribution in [2.45, 2.75) is 6.54 Å². The molecule has 0 saturated carbocycles. The van der Waals surface area contributed by atoms with E-state index in [1.54, 1.807) is 4.90 Å². The number of piperazine rings is 1. The summed E-state index contributed by atoms with van der Waals surface area (Å²) >= 11 is 5.95. The number of halogens is 1. The fourth-order valence-electron chi connectivity index (χ4n) is 3.69. The van der Waals surface area contributed by atoms with Gasteiger partial charge in [0.1, 0.15) is 6.54 Å². The highest BCUT2D eigenvalue weighted by Gasteiger charge is 2.28. The molecule has 2 aliphatic rings. The van der Waals surface area contributed by atoms with Crippen molar-refractivity contribution in [2.24, 2.45) is 0 Å². The second-order valence-electron chi connectivity index (χ2n) is 7.22. The van der Waals surface area contributed by atoms with E-state index in [1.165, 1.54) is 5.56 Å². The summed E-state index contributed by atoms with van der Waals surface area (Å²) in [5.74, 6) is -0.187. The summed E-state index contributed by atoms with van der Waals surface area (Å²) in [6.45, 7) is 4.78. The summed E-state index contributed by atoms with van der Waals surface area (Å²) in [7, 11) is 0. The van der Waals surface area contributed by atoms with E-state index in [4.69, 9.17) is 11.6 Å². The quantitative estimate of drug-likeness (QED) is 0.859. The first-order valence-electron chi connectivity index (χ1n) is 9.47. The minimum atomic E-state index is -0.153. The van der Waals surface area contributed by atoms with E-state index in [0.717, 1.165) is 43.4 Å². The van der Waals surface area contributed by atoms with Crippen LogP contribution < -0.4 is 10.2 Å². The van der Waals surface area contributed by atoms with Crippen LogP contribution in [0.2, 0.25) is 5.02 Å². The first kappa shape index (κ1) is 18.9. The minimum absolute atomic E-state index is 0.0338. The predicted octanol–water partition coefficient (Wildman–Crippen LogP) is 2.44. The lowest BCUT2D eigenvalue weighted by atomic mass is 10.2. The van der Waals surface area contributed by atoms with Crippen molar-refractivity contribution in [3.8, 4) is 0 Å². The molecule has 0 bridgehead atoms. The lowest BCUT2D eigenvalue weighted by molar-refractivity contribution is -0.123. The van der Waals surface area contributed by atoms with Gasteiger partial charge in [0.05, 0.1) is 17.9 Å². The Morgan fingerprint density at radius 3 is 2.39 bits per heavy atom. The Bertz CT molecular complexity index is 863. The van der Waals surface area contributed by atoms with Crippen LogP contribution in [0, 0.1) is 0 Å². The zero-order chi connectivity index (χ0) is 19.5. The van der Waals surface area contributed by atoms with E-state index in [-0.39, 0.29) is 18.4 Å². The number of carbonyl (C=O) groups is 2. The highest BCUT2D eigenvalue weighted by atomic mass is 35.5. The Morgan fingerprint density at radius 1 is 0.964 bits per heavy atom. The highest BCUT2D eigenvalue weighted by molar-refractivity contribution is 6.30. The molecule has 1 fully saturated rings. The standard InChI is InChI=1S/C21H23ClN4O2/c22-17-7-5-16(6-8-17)13-24-9-11-25(12-10-24)15-21(28)26-14-20(27)23-18-3-1-2-4-19(18)26/h1-8H,9-15H2,(H,23,27). The number of nitrogens with one attached hydrogen (secondary N) is 1. The van der Waals surface area contributed by atoms with Gasteiger partial charge in [0.2, 0.25) is 11.8 Å². The van der Waals surface area contributed by atoms with Gasteiger partial charge in [-0.2, -0.15) is 0 Å². The van der Waals surface area contributed by atoms with Crippen molar-refractivity contribution in [1.29, 1.82) is 0 Å². The average molecular weight is 399 g/mol. The van der Waals surface area contributed by atoms with Crippen LogP contribution in [0.3, 0.4) is 0 Å². The molecule has 2 amide bonds. The van der Waals surface area contributed by atoms with Gasteiger partial charge in [-0.25, -0.2) is 0 Å². The zero-order valence-corrected chi connectivity index (χ0v) is 16.4. The van der Waals surface area contributed by atoms with Crippen molar-refractivity contribution in [3.63, 3.8) is 0 Å². The Kier molecular flexibility index (Phi) is 5.62. The van der Waals surface area contributed by atoms with Crippen molar-refractivity contribution < 1.29 is 9.59 Å². The van der Waals surface area contributed by atoms with Crippen LogP contribution in [0.15, 0.2) is 48.5 Å². The molecule has 2 aromatic carbocycles. The van der Waals surface area contributed by atoms with Gasteiger partial charge in [-0.1, -0.05) is 35.9 Å². The predicted molar refractivity (Wildman–Crippen MR) is 111 cm³/mol. The molecular formula is C21H23ClN4O2. The van der Waals surface area contributed by atoms with Crippen LogP contribution in [0.4, 0.5) is 11.4 Å². The molecule has 0 radical (unpaired) electrons. The SMILES string of the molecule is O=C1CN(C(=O)CN2CCN(Cc3ccc(Cl)cc3)CC2)c2ccccc2N1. The van der Waals surface area contributed by atoms with Crippen LogP contribution in [0.5, 0.6) is 0 Å². The van der Waals surface area contributed by atoms with E-state index in [9.17, 15) is 9.59 Å². The highest BCUT2D eigenvalue weighted by Crippen LogP contribution is 2.29. The number of nitrogens with zero attached hydrogens (tertiary/aromatic N) is 3. The van der Waals surface area contributed by atoms with E-state index in [1.807, 2.05) is 36.4 Å². The Hall–Kier alpha value is -2.41. The van der Waals surface area contributed by atoms with E-state index >= 15 is 0 Å². The van der Waals surface area contributed by atoms with Crippen molar-refractivity contribution in [3.05, 3.63) is 59.1 Å². The summed E-state index contributed by atoms with van der Waals surface area (Å²) < 4.78 is 0. The molecule has 7 heteroatoms. The molecule has 0 aromatic heterocycles. The van der Waals surface area contributed by atoms with Crippen molar-refractivity contribution in [1.82, 2.24) is 9.80 Å². The van der Waals surface area contributed by atoms with Gasteiger partial charge in [-0.05, 0) is 29.8 Å². The topological polar surface area (TPSA) is 55.9 Å². The first-order chi connectivity index (χ1) is 13.6. The first-order valence-corrected chi connectivity index (χ1v) is 9.85. The summed E-state index contributed by atoms with van der Waals surface area (Å²) in [5.41, 5.74) is 2.71. The van der Waals surface area contributed by atoms with Gasteiger partial charge in [0.25, 0.3) is 0 Å². The Labute approximate surface area is 169 Å². The second kappa shape index (κ2) is 8.31. The van der Waals surface area contributed by atoms with E-state index in [0.29, 0.717) is 12.2 Å². The van der Waals surface area contributed by atoms with Gasteiger partial charge in [0.15, 0.2) is 0 Å². The summed E-state index contributed by atoms with van der Waals surface area (Å²) in [6, 6.07) is 15.4. The molecule has 0 atom stereocenters. The number of carbonyl (C=O) groups excluding carboxylic acids is 2. The Balaban J connectivity index is 1.32. The van der Waals surface area contributed by atoms with Crippen LogP contribution in [-0.4, -0.2) is 60.9 Å². The number of hydrogen-bond donors (Lipinski definition) is 1. The summed E-state index contributed by atoms with van der Waals surface area (Å²) in [4.78, 5) is 30.9. The maximum absolute atomic E-state index is 12.9. The molecule has 2 aromatic rings. The van der Waals surface area contributed by atoms with Crippen LogP contribution in [0.1, 0.15) is 5.56 Å². The maximum atomic E-state index is 12.9. The van der Waals surface area contributed by atoms with E-state index < -0.39 is 0 Å². The Morgan fingerprint density at radius 2 is 1.64 bits per heavy atom. The summed E-state index contributed by atoms with van der Waals surface area (Å²) in [6.07, 6.45) is 0. The van der Waals surface area contributed by atoms with Gasteiger partial charge >= 0.3 is 0 Å². The molecule has 1 saturated heterocycles. The molecule has 6 nitrogen and oxygen atoms in total. The second-order valence-corrected chi connectivity index (χ2v) is 7.66. The largest absolute Gasteiger partial charge is 0.323 e. The number of benzene rings is 2. The normalized spacial score (nSPS) is 17.9. The third-order valence-electron chi connectivity index (χ3n) is 5.21. The molecule has 0 unspecified atom stereocenters. The van der Waals surface area contributed by atoms with Crippen molar-refractivity contribution >= 4 is 34.8 Å². The zero-order valence-electron chi connectivity index (χ0n) is 15.6. The van der Waals surface area contributed by atoms with Gasteiger partial charge < -0.3 is 5.32 Å². The molecular weight excluding hydrogens is 376 g/mol. The molecule has 1 N–H and O–H groups in total. The number of rotatable bonds is 4. The minimum Gasteiger partial charge on any atom is -0.323 e. The molecule has 28 heavy (non-hydrogen) atoms. The number of amides is 2. The van der Waals surface area contributed by atoms with E-state index in [2.05, 4.69) is 27.2 Å². The third-order valence-corrected chi connectivity index (χ3v) is 5.47. The number of fused-ring (bicyclic) bond motifs is 1. The third kappa shape index (κ3) is 4.35. The van der Waals surface area contributed by atoms with Crippen LogP contribution in [-0.2, 0) is 16.1 Å². The van der Waals surface area contributed by atoms with Gasteiger partial charge in [-0.3, -0.25) is 24.3 Å². The molecule has 2 heterocycles. The molecule has 2 aliphatic heterocycles. The van der Waals surface area contributed by atoms with Gasteiger partial charge in [-0.15, -0.1) is 0 Å². The fourth-order valence-corrected chi connectivity index (χ4v) is 3.81. The molecule has 0 aliphatic carbocycles. The number of hydrogen-bond acceptors (Lipinski definition) is 4. The summed E-state index contributed by atoms with van der Waals surface area (Å²) in [5, 5.41) is 3.57. The maximum Gasteiger partial charge on any atom is 0.244 e. The smallest absolute Gasteiger partial charge is 0.244 e. The lowest BCUT2D eigenvalue weighted by Gasteiger charge is -2.36. The molecule has 146 valence electrons. The lowest BCUT2D eigenvalue weighted by Crippen LogP contribution is -2.51. The molecule has 0 spiro atoms. The monoisotopic (exact) mass is 398 g/mol. The van der Waals surface area contributed by atoms with Gasteiger partial charge in [0, 0.05) is 37.7 Å². The van der Waals surface area contributed by atoms with Crippen molar-refractivity contribution in [2.75, 3.05) is 49.5 Å². The number of para-hydroxylation sites is 2.